The van der Waals surface area contributed by atoms with Crippen LogP contribution < -0.4 is 10.1 Å². The second-order valence-electron chi connectivity index (χ2n) is 6.72. The van der Waals surface area contributed by atoms with Gasteiger partial charge in [0.05, 0.1) is 6.61 Å². The summed E-state index contributed by atoms with van der Waals surface area (Å²) in [7, 11) is 0. The van der Waals surface area contributed by atoms with Crippen molar-refractivity contribution in [1.82, 2.24) is 0 Å². The standard InChI is InChI=1S/C22H26BrNO3/c1-16(14-17(2)23)22(26)24-20-8-10-21(11-9-20)27-13-12-19(15-25)18-6-4-3-5-7-18/h3-11,15-17,19H,12-14H2,1-2H3,(H,24,26). The van der Waals surface area contributed by atoms with E-state index in [-0.39, 0.29) is 17.7 Å². The number of nitrogens with one attached hydrogen (secondary N) is 1. The third-order valence-corrected chi connectivity index (χ3v) is 4.71. The van der Waals surface area contributed by atoms with Crippen molar-refractivity contribution in [2.24, 2.45) is 5.92 Å². The average molecular weight is 432 g/mol. The maximum Gasteiger partial charge on any atom is 0.227 e. The van der Waals surface area contributed by atoms with Crippen LogP contribution in [0, 0.1) is 5.92 Å². The van der Waals surface area contributed by atoms with Gasteiger partial charge in [-0.15, -0.1) is 0 Å². The summed E-state index contributed by atoms with van der Waals surface area (Å²) < 4.78 is 5.74. The van der Waals surface area contributed by atoms with Gasteiger partial charge in [-0.1, -0.05) is 60.1 Å². The first-order valence-electron chi connectivity index (χ1n) is 9.17. The van der Waals surface area contributed by atoms with Crippen LogP contribution in [0.5, 0.6) is 5.75 Å². The zero-order valence-corrected chi connectivity index (χ0v) is 17.3. The molecule has 3 atom stereocenters. The molecule has 0 bridgehead atoms. The number of aldehydes is 1. The molecular weight excluding hydrogens is 406 g/mol. The minimum absolute atomic E-state index is 0.00616. The second-order valence-corrected chi connectivity index (χ2v) is 8.28. The first-order valence-corrected chi connectivity index (χ1v) is 10.1. The molecule has 0 heterocycles. The first kappa shape index (κ1) is 21.2. The normalized spacial score (nSPS) is 14.0. The Morgan fingerprint density at radius 3 is 2.37 bits per heavy atom. The van der Waals surface area contributed by atoms with Gasteiger partial charge in [0.25, 0.3) is 0 Å². The van der Waals surface area contributed by atoms with Crippen LogP contribution in [0.15, 0.2) is 54.6 Å². The Kier molecular flexibility index (Phi) is 8.52. The second kappa shape index (κ2) is 10.9. The lowest BCUT2D eigenvalue weighted by Crippen LogP contribution is -2.22. The van der Waals surface area contributed by atoms with Crippen molar-refractivity contribution in [2.75, 3.05) is 11.9 Å². The van der Waals surface area contributed by atoms with Gasteiger partial charge >= 0.3 is 0 Å². The van der Waals surface area contributed by atoms with E-state index in [9.17, 15) is 9.59 Å². The number of carbonyl (C=O) groups is 2. The van der Waals surface area contributed by atoms with Crippen LogP contribution >= 0.6 is 15.9 Å². The van der Waals surface area contributed by atoms with Crippen LogP contribution in [0.2, 0.25) is 0 Å². The number of carbonyl (C=O) groups excluding carboxylic acids is 2. The fraction of sp³-hybridized carbons (Fsp3) is 0.364. The fourth-order valence-corrected chi connectivity index (χ4v) is 3.37. The Morgan fingerprint density at radius 1 is 1.11 bits per heavy atom. The average Bonchev–Trinajstić information content (AvgIpc) is 2.66. The number of ether oxygens (including phenoxy) is 1. The topological polar surface area (TPSA) is 55.4 Å². The molecule has 0 fully saturated rings. The van der Waals surface area contributed by atoms with Gasteiger partial charge in [0.2, 0.25) is 5.91 Å². The molecule has 0 aliphatic rings. The molecule has 27 heavy (non-hydrogen) atoms. The minimum atomic E-state index is -0.164. The quantitative estimate of drug-likeness (QED) is 0.416. The van der Waals surface area contributed by atoms with Crippen molar-refractivity contribution in [3.05, 3.63) is 60.2 Å². The summed E-state index contributed by atoms with van der Waals surface area (Å²) in [5, 5.41) is 2.92. The number of hydrogen-bond donors (Lipinski definition) is 1. The summed E-state index contributed by atoms with van der Waals surface area (Å²) in [5.41, 5.74) is 1.75. The van der Waals surface area contributed by atoms with Gasteiger partial charge in [-0.05, 0) is 42.7 Å². The summed E-state index contributed by atoms with van der Waals surface area (Å²) >= 11 is 3.47. The largest absolute Gasteiger partial charge is 0.494 e. The highest BCUT2D eigenvalue weighted by molar-refractivity contribution is 9.09. The van der Waals surface area contributed by atoms with Crippen molar-refractivity contribution in [1.29, 1.82) is 0 Å². The number of halogens is 1. The molecule has 0 radical (unpaired) electrons. The number of rotatable bonds is 10. The smallest absolute Gasteiger partial charge is 0.227 e. The Bertz CT molecular complexity index is 716. The van der Waals surface area contributed by atoms with Gasteiger partial charge in [-0.25, -0.2) is 0 Å². The van der Waals surface area contributed by atoms with Crippen molar-refractivity contribution >= 4 is 33.8 Å². The predicted octanol–water partition coefficient (Wildman–Crippen LogP) is 5.19. The van der Waals surface area contributed by atoms with Gasteiger partial charge in [-0.2, -0.15) is 0 Å². The van der Waals surface area contributed by atoms with Crippen LogP contribution in [-0.4, -0.2) is 23.6 Å². The summed E-state index contributed by atoms with van der Waals surface area (Å²) in [6, 6.07) is 17.0. The Balaban J connectivity index is 1.81. The van der Waals surface area contributed by atoms with Crippen molar-refractivity contribution < 1.29 is 14.3 Å². The molecule has 1 amide bonds. The zero-order valence-electron chi connectivity index (χ0n) is 15.7. The van der Waals surface area contributed by atoms with Crippen molar-refractivity contribution in [2.45, 2.75) is 37.4 Å². The van der Waals surface area contributed by atoms with Crippen LogP contribution in [0.25, 0.3) is 0 Å². The lowest BCUT2D eigenvalue weighted by molar-refractivity contribution is -0.119. The van der Waals surface area contributed by atoms with Crippen LogP contribution in [-0.2, 0) is 9.59 Å². The third-order valence-electron chi connectivity index (χ3n) is 4.34. The van der Waals surface area contributed by atoms with Gasteiger partial charge in [-0.3, -0.25) is 4.79 Å². The Morgan fingerprint density at radius 2 is 1.78 bits per heavy atom. The first-order chi connectivity index (χ1) is 13.0. The number of anilines is 1. The number of benzene rings is 2. The summed E-state index contributed by atoms with van der Waals surface area (Å²) in [5.74, 6) is 0.496. The van der Waals surface area contributed by atoms with Crippen LogP contribution in [0.3, 0.4) is 0 Å². The molecule has 1 N–H and O–H groups in total. The van der Waals surface area contributed by atoms with Crippen LogP contribution in [0.1, 0.15) is 38.2 Å². The maximum atomic E-state index is 12.2. The maximum absolute atomic E-state index is 12.2. The molecule has 0 aromatic heterocycles. The molecule has 0 aliphatic carbocycles. The molecule has 2 aromatic carbocycles. The van der Waals surface area contributed by atoms with E-state index in [1.807, 2.05) is 68.4 Å². The highest BCUT2D eigenvalue weighted by Crippen LogP contribution is 2.21. The van der Waals surface area contributed by atoms with Gasteiger partial charge in [0.15, 0.2) is 0 Å². The molecule has 5 heteroatoms. The zero-order chi connectivity index (χ0) is 19.6. The van der Waals surface area contributed by atoms with E-state index in [0.717, 1.165) is 24.0 Å². The third kappa shape index (κ3) is 7.18. The number of alkyl halides is 1. The molecule has 2 rings (SSSR count). The van der Waals surface area contributed by atoms with E-state index in [1.165, 1.54) is 0 Å². The van der Waals surface area contributed by atoms with Crippen LogP contribution in [0.4, 0.5) is 5.69 Å². The highest BCUT2D eigenvalue weighted by atomic mass is 79.9. The summed E-state index contributed by atoms with van der Waals surface area (Å²) in [6.07, 6.45) is 2.37. The summed E-state index contributed by atoms with van der Waals surface area (Å²) in [6.45, 7) is 4.40. The molecule has 0 saturated heterocycles. The van der Waals surface area contributed by atoms with Gasteiger partial charge in [0.1, 0.15) is 12.0 Å². The molecule has 144 valence electrons. The molecule has 0 spiro atoms. The Hall–Kier alpha value is -2.14. The summed E-state index contributed by atoms with van der Waals surface area (Å²) in [4.78, 5) is 23.8. The molecule has 2 aromatic rings. The lowest BCUT2D eigenvalue weighted by atomic mass is 9.98. The molecule has 3 unspecified atom stereocenters. The van der Waals surface area contributed by atoms with Gasteiger partial charge < -0.3 is 14.8 Å². The van der Waals surface area contributed by atoms with E-state index in [4.69, 9.17) is 4.74 Å². The van der Waals surface area contributed by atoms with E-state index in [1.54, 1.807) is 0 Å². The SMILES string of the molecule is CC(Br)CC(C)C(=O)Nc1ccc(OCCC(C=O)c2ccccc2)cc1. The highest BCUT2D eigenvalue weighted by Gasteiger charge is 2.15. The number of amides is 1. The number of hydrogen-bond acceptors (Lipinski definition) is 3. The van der Waals surface area contributed by atoms with Gasteiger partial charge in [0, 0.05) is 22.4 Å². The van der Waals surface area contributed by atoms with E-state index < -0.39 is 0 Å². The molecular formula is C22H26BrNO3. The van der Waals surface area contributed by atoms with Crippen molar-refractivity contribution in [3.63, 3.8) is 0 Å². The lowest BCUT2D eigenvalue weighted by Gasteiger charge is -2.14. The molecule has 0 saturated carbocycles. The van der Waals surface area contributed by atoms with Crippen molar-refractivity contribution in [3.8, 4) is 5.75 Å². The van der Waals surface area contributed by atoms with E-state index in [2.05, 4.69) is 21.2 Å². The molecule has 0 aliphatic heterocycles. The van der Waals surface area contributed by atoms with E-state index in [0.29, 0.717) is 23.6 Å². The Labute approximate surface area is 169 Å². The fourth-order valence-electron chi connectivity index (χ4n) is 2.81. The predicted molar refractivity (Wildman–Crippen MR) is 113 cm³/mol. The van der Waals surface area contributed by atoms with E-state index >= 15 is 0 Å². The minimum Gasteiger partial charge on any atom is -0.494 e. The monoisotopic (exact) mass is 431 g/mol. The molecule has 4 nitrogen and oxygen atoms in total.